The number of hydrogen-bond acceptors (Lipinski definition) is 3. The molecule has 2 aliphatic heterocycles. The molecule has 1 aromatic carbocycles. The van der Waals surface area contributed by atoms with Crippen molar-refractivity contribution in [3.63, 3.8) is 0 Å². The minimum absolute atomic E-state index is 0.0334. The zero-order chi connectivity index (χ0) is 20.4. The third-order valence-electron chi connectivity index (χ3n) is 6.31. The number of benzene rings is 1. The highest BCUT2D eigenvalue weighted by molar-refractivity contribution is 5.96. The van der Waals surface area contributed by atoms with Crippen molar-refractivity contribution >= 4 is 11.8 Å². The average Bonchev–Trinajstić information content (AvgIpc) is 3.08. The summed E-state index contributed by atoms with van der Waals surface area (Å²) >= 11 is 0. The number of piperidine rings is 2. The average molecular weight is 395 g/mol. The summed E-state index contributed by atoms with van der Waals surface area (Å²) in [4.78, 5) is 29.9. The molecule has 2 saturated heterocycles. The first-order chi connectivity index (χ1) is 14.1. The van der Waals surface area contributed by atoms with Gasteiger partial charge in [-0.3, -0.25) is 9.59 Å². The number of amides is 2. The molecular weight excluding hydrogens is 364 g/mol. The smallest absolute Gasteiger partial charge is 0.257 e. The molecule has 0 unspecified atom stereocenters. The summed E-state index contributed by atoms with van der Waals surface area (Å²) < 4.78 is 1.84. The first-order valence-corrected chi connectivity index (χ1v) is 10.8. The van der Waals surface area contributed by atoms with Crippen LogP contribution in [0.1, 0.15) is 53.8 Å². The molecular formula is C23H30N4O2. The van der Waals surface area contributed by atoms with Crippen LogP contribution in [0.3, 0.4) is 0 Å². The number of carbonyl (C=O) groups excluding carboxylic acids is 2. The van der Waals surface area contributed by atoms with Gasteiger partial charge in [-0.05, 0) is 58.1 Å². The summed E-state index contributed by atoms with van der Waals surface area (Å²) in [5.41, 5.74) is 3.26. The number of hydrogen-bond donors (Lipinski definition) is 0. The van der Waals surface area contributed by atoms with Gasteiger partial charge in [0.2, 0.25) is 5.91 Å². The van der Waals surface area contributed by atoms with Crippen molar-refractivity contribution in [1.82, 2.24) is 19.6 Å². The van der Waals surface area contributed by atoms with Crippen LogP contribution >= 0.6 is 0 Å². The molecule has 2 fully saturated rings. The zero-order valence-corrected chi connectivity index (χ0v) is 17.4. The molecule has 4 rings (SSSR count). The van der Waals surface area contributed by atoms with Gasteiger partial charge in [-0.25, -0.2) is 4.68 Å². The third-order valence-corrected chi connectivity index (χ3v) is 6.31. The fourth-order valence-corrected chi connectivity index (χ4v) is 4.63. The quantitative estimate of drug-likeness (QED) is 0.802. The van der Waals surface area contributed by atoms with E-state index >= 15 is 0 Å². The van der Waals surface area contributed by atoms with Crippen LogP contribution in [-0.2, 0) is 4.79 Å². The van der Waals surface area contributed by atoms with Gasteiger partial charge in [-0.2, -0.15) is 5.10 Å². The Labute approximate surface area is 172 Å². The lowest BCUT2D eigenvalue weighted by molar-refractivity contribution is -0.137. The van der Waals surface area contributed by atoms with Crippen LogP contribution in [0.25, 0.3) is 5.69 Å². The number of nitrogens with zero attached hydrogens (tertiary/aromatic N) is 4. The van der Waals surface area contributed by atoms with Crippen LogP contribution in [0, 0.1) is 19.8 Å². The minimum atomic E-state index is 0.0334. The van der Waals surface area contributed by atoms with Gasteiger partial charge >= 0.3 is 0 Å². The second-order valence-corrected chi connectivity index (χ2v) is 8.25. The maximum Gasteiger partial charge on any atom is 0.257 e. The number of likely N-dealkylation sites (tertiary alicyclic amines) is 2. The van der Waals surface area contributed by atoms with E-state index in [2.05, 4.69) is 5.10 Å². The molecule has 0 N–H and O–H groups in total. The van der Waals surface area contributed by atoms with Gasteiger partial charge in [-0.15, -0.1) is 0 Å². The predicted octanol–water partition coefficient (Wildman–Crippen LogP) is 3.35. The van der Waals surface area contributed by atoms with Crippen LogP contribution < -0.4 is 0 Å². The standard InChI is InChI=1S/C23H30N4O2/c1-17-21(18(2)27(24-17)20-9-5-3-6-10-20)23(29)26-15-11-19(12-16-26)22(28)25-13-7-4-8-14-25/h3,5-6,9-10,19H,4,7-8,11-16H2,1-2H3. The molecule has 0 radical (unpaired) electrons. The first kappa shape index (κ1) is 19.7. The van der Waals surface area contributed by atoms with Crippen molar-refractivity contribution in [2.24, 2.45) is 5.92 Å². The fourth-order valence-electron chi connectivity index (χ4n) is 4.63. The maximum absolute atomic E-state index is 13.2. The van der Waals surface area contributed by atoms with Crippen molar-refractivity contribution in [2.75, 3.05) is 26.2 Å². The zero-order valence-electron chi connectivity index (χ0n) is 17.4. The number of aromatic nitrogens is 2. The van der Waals surface area contributed by atoms with Gasteiger partial charge in [0.05, 0.1) is 22.6 Å². The topological polar surface area (TPSA) is 58.4 Å². The molecule has 154 valence electrons. The van der Waals surface area contributed by atoms with Crippen LogP contribution in [0.5, 0.6) is 0 Å². The van der Waals surface area contributed by atoms with Gasteiger partial charge < -0.3 is 9.80 Å². The molecule has 2 amide bonds. The summed E-state index contributed by atoms with van der Waals surface area (Å²) in [6.45, 7) is 6.92. The van der Waals surface area contributed by atoms with Gasteiger partial charge in [0.1, 0.15) is 0 Å². The predicted molar refractivity (Wildman–Crippen MR) is 112 cm³/mol. The SMILES string of the molecule is Cc1nn(-c2ccccc2)c(C)c1C(=O)N1CCC(C(=O)N2CCCCC2)CC1. The van der Waals surface area contributed by atoms with E-state index in [1.54, 1.807) is 0 Å². The Morgan fingerprint density at radius 3 is 2.21 bits per heavy atom. The molecule has 29 heavy (non-hydrogen) atoms. The van der Waals surface area contributed by atoms with Gasteiger partial charge in [0.15, 0.2) is 0 Å². The number of carbonyl (C=O) groups is 2. The minimum Gasteiger partial charge on any atom is -0.342 e. The van der Waals surface area contributed by atoms with E-state index in [4.69, 9.17) is 0 Å². The fraction of sp³-hybridized carbons (Fsp3) is 0.522. The number of para-hydroxylation sites is 1. The van der Waals surface area contributed by atoms with Crippen LogP contribution in [0.4, 0.5) is 0 Å². The molecule has 3 heterocycles. The Kier molecular flexibility index (Phi) is 5.69. The van der Waals surface area contributed by atoms with Crippen LogP contribution in [0.15, 0.2) is 30.3 Å². The summed E-state index contributed by atoms with van der Waals surface area (Å²) in [7, 11) is 0. The lowest BCUT2D eigenvalue weighted by Crippen LogP contribution is -2.45. The molecule has 6 nitrogen and oxygen atoms in total. The molecule has 2 aromatic rings. The Bertz CT molecular complexity index is 876. The van der Waals surface area contributed by atoms with Crippen molar-refractivity contribution < 1.29 is 9.59 Å². The lowest BCUT2D eigenvalue weighted by Gasteiger charge is -2.35. The highest BCUT2D eigenvalue weighted by Gasteiger charge is 2.32. The molecule has 0 atom stereocenters. The van der Waals surface area contributed by atoms with Crippen molar-refractivity contribution in [3.8, 4) is 5.69 Å². The van der Waals surface area contributed by atoms with E-state index in [0.29, 0.717) is 24.6 Å². The van der Waals surface area contributed by atoms with E-state index < -0.39 is 0 Å². The summed E-state index contributed by atoms with van der Waals surface area (Å²) in [5, 5.41) is 4.61. The number of aryl methyl sites for hydroxylation is 1. The second kappa shape index (κ2) is 8.39. The van der Waals surface area contributed by atoms with Gasteiger partial charge in [-0.1, -0.05) is 18.2 Å². The van der Waals surface area contributed by atoms with E-state index in [0.717, 1.165) is 55.8 Å². The first-order valence-electron chi connectivity index (χ1n) is 10.8. The molecule has 0 saturated carbocycles. The molecule has 0 spiro atoms. The molecule has 2 aliphatic rings. The lowest BCUT2D eigenvalue weighted by atomic mass is 9.94. The molecule has 1 aromatic heterocycles. The normalized spacial score (nSPS) is 18.1. The summed E-state index contributed by atoms with van der Waals surface area (Å²) in [6, 6.07) is 9.89. The van der Waals surface area contributed by atoms with E-state index in [1.165, 1.54) is 6.42 Å². The number of rotatable bonds is 3. The van der Waals surface area contributed by atoms with E-state index in [1.807, 2.05) is 58.7 Å². The third kappa shape index (κ3) is 3.93. The van der Waals surface area contributed by atoms with Crippen molar-refractivity contribution in [1.29, 1.82) is 0 Å². The maximum atomic E-state index is 13.2. The van der Waals surface area contributed by atoms with Crippen LogP contribution in [0.2, 0.25) is 0 Å². The van der Waals surface area contributed by atoms with E-state index in [-0.39, 0.29) is 11.8 Å². The molecule has 0 aliphatic carbocycles. The second-order valence-electron chi connectivity index (χ2n) is 8.25. The van der Waals surface area contributed by atoms with Gasteiger partial charge in [0.25, 0.3) is 5.91 Å². The highest BCUT2D eigenvalue weighted by Crippen LogP contribution is 2.25. The summed E-state index contributed by atoms with van der Waals surface area (Å²) in [5.74, 6) is 0.387. The Morgan fingerprint density at radius 1 is 0.897 bits per heavy atom. The van der Waals surface area contributed by atoms with E-state index in [9.17, 15) is 9.59 Å². The Hall–Kier alpha value is -2.63. The molecule has 6 heteroatoms. The highest BCUT2D eigenvalue weighted by atomic mass is 16.2. The van der Waals surface area contributed by atoms with Crippen molar-refractivity contribution in [3.05, 3.63) is 47.3 Å². The summed E-state index contributed by atoms with van der Waals surface area (Å²) in [6.07, 6.45) is 4.98. The molecule has 0 bridgehead atoms. The van der Waals surface area contributed by atoms with Crippen LogP contribution in [-0.4, -0.2) is 57.6 Å². The largest absolute Gasteiger partial charge is 0.342 e. The Morgan fingerprint density at radius 2 is 1.55 bits per heavy atom. The monoisotopic (exact) mass is 394 g/mol. The Balaban J connectivity index is 1.44. The van der Waals surface area contributed by atoms with Gasteiger partial charge in [0, 0.05) is 32.1 Å². The van der Waals surface area contributed by atoms with Crippen molar-refractivity contribution in [2.45, 2.75) is 46.0 Å².